The molecule has 5 heteroatoms. The van der Waals surface area contributed by atoms with Gasteiger partial charge in [-0.05, 0) is 59.0 Å². The van der Waals surface area contributed by atoms with Gasteiger partial charge < -0.3 is 24.4 Å². The van der Waals surface area contributed by atoms with Gasteiger partial charge in [-0.25, -0.2) is 0 Å². The Morgan fingerprint density at radius 3 is 2.38 bits per heavy atom. The average Bonchev–Trinajstić information content (AvgIpc) is 3.06. The van der Waals surface area contributed by atoms with E-state index >= 15 is 0 Å². The van der Waals surface area contributed by atoms with Crippen LogP contribution in [0.25, 0.3) is 16.7 Å². The lowest BCUT2D eigenvalue weighted by Gasteiger charge is -2.44. The molecular formula is C37H40N2O3. The molecule has 3 aliphatic rings. The summed E-state index contributed by atoms with van der Waals surface area (Å²) in [6, 6.07) is 33.2. The Hall–Kier alpha value is -4.06. The standard InChI is InChI=1S/C35H34N2O3.C2H6/c1-2-9-30(10-3-1)39-34-13-7-6-12-32(34)26-14-15-33-29(22-26)25-38-35(40-33)17-20-37(21-18-35)19-16-28-24-36-23-27-8-4-5-11-31(27)28;1-2/h1-15,22,24,36H,16-21,23,25H2;1-2H3. The second-order valence-electron chi connectivity index (χ2n) is 10.8. The van der Waals surface area contributed by atoms with E-state index in [-0.39, 0.29) is 0 Å². The SMILES string of the molecule is C1=C(CCN2CCC3(CC2)OCc2cc(-c4ccccc4Oc4ccccc4)ccc2O3)c2ccccc2CN1.CC. The van der Waals surface area contributed by atoms with Crippen LogP contribution in [0.15, 0.2) is 103 Å². The summed E-state index contributed by atoms with van der Waals surface area (Å²) in [4.78, 5) is 2.54. The molecule has 0 unspecified atom stereocenters. The third-order valence-corrected chi connectivity index (χ3v) is 8.26. The molecule has 0 saturated carbocycles. The van der Waals surface area contributed by atoms with Crippen LogP contribution < -0.4 is 14.8 Å². The molecule has 3 aliphatic heterocycles. The monoisotopic (exact) mass is 560 g/mol. The second kappa shape index (κ2) is 12.8. The number of ether oxygens (including phenoxy) is 3. The molecule has 0 amide bonds. The van der Waals surface area contributed by atoms with Crippen molar-refractivity contribution in [1.29, 1.82) is 0 Å². The highest BCUT2D eigenvalue weighted by atomic mass is 16.7. The van der Waals surface area contributed by atoms with Crippen LogP contribution in [0.3, 0.4) is 0 Å². The Balaban J connectivity index is 0.00000155. The van der Waals surface area contributed by atoms with Crippen molar-refractivity contribution in [2.45, 2.75) is 52.0 Å². The molecule has 1 N–H and O–H groups in total. The van der Waals surface area contributed by atoms with Gasteiger partial charge in [-0.1, -0.05) is 80.6 Å². The lowest BCUT2D eigenvalue weighted by atomic mass is 9.95. The molecule has 5 nitrogen and oxygen atoms in total. The number of nitrogens with one attached hydrogen (secondary N) is 1. The minimum Gasteiger partial charge on any atom is -0.462 e. The van der Waals surface area contributed by atoms with Crippen LogP contribution in [0.5, 0.6) is 17.2 Å². The van der Waals surface area contributed by atoms with Crippen molar-refractivity contribution < 1.29 is 14.2 Å². The van der Waals surface area contributed by atoms with E-state index in [4.69, 9.17) is 14.2 Å². The van der Waals surface area contributed by atoms with Crippen LogP contribution in [-0.2, 0) is 17.9 Å². The van der Waals surface area contributed by atoms with Crippen molar-refractivity contribution in [1.82, 2.24) is 10.2 Å². The highest BCUT2D eigenvalue weighted by Crippen LogP contribution is 2.41. The number of piperidine rings is 1. The Bertz CT molecular complexity index is 1520. The zero-order valence-corrected chi connectivity index (χ0v) is 24.6. The van der Waals surface area contributed by atoms with Crippen molar-refractivity contribution in [2.24, 2.45) is 0 Å². The molecule has 0 atom stereocenters. The van der Waals surface area contributed by atoms with Crippen molar-refractivity contribution in [3.05, 3.63) is 120 Å². The van der Waals surface area contributed by atoms with Crippen LogP contribution in [0, 0.1) is 0 Å². The molecular weight excluding hydrogens is 520 g/mol. The molecule has 1 fully saturated rings. The highest BCUT2D eigenvalue weighted by Gasteiger charge is 2.41. The number of hydrogen-bond donors (Lipinski definition) is 1. The number of hydrogen-bond acceptors (Lipinski definition) is 5. The third-order valence-electron chi connectivity index (χ3n) is 8.26. The van der Waals surface area contributed by atoms with E-state index in [0.29, 0.717) is 6.61 Å². The van der Waals surface area contributed by atoms with E-state index in [2.05, 4.69) is 64.9 Å². The quantitative estimate of drug-likeness (QED) is 0.256. The second-order valence-corrected chi connectivity index (χ2v) is 10.8. The summed E-state index contributed by atoms with van der Waals surface area (Å²) in [6.07, 6.45) is 4.98. The van der Waals surface area contributed by atoms with Crippen molar-refractivity contribution >= 4 is 5.57 Å². The fourth-order valence-electron chi connectivity index (χ4n) is 6.01. The van der Waals surface area contributed by atoms with Crippen LogP contribution in [0.4, 0.5) is 0 Å². The first-order chi connectivity index (χ1) is 20.7. The minimum absolute atomic E-state index is 0.530. The van der Waals surface area contributed by atoms with Crippen LogP contribution >= 0.6 is 0 Å². The number of likely N-dealkylation sites (tertiary alicyclic amines) is 1. The van der Waals surface area contributed by atoms with Crippen LogP contribution in [-0.4, -0.2) is 30.3 Å². The lowest BCUT2D eigenvalue weighted by Crippen LogP contribution is -2.51. The summed E-state index contributed by atoms with van der Waals surface area (Å²) in [7, 11) is 0. The van der Waals surface area contributed by atoms with Crippen molar-refractivity contribution in [3.63, 3.8) is 0 Å². The molecule has 42 heavy (non-hydrogen) atoms. The van der Waals surface area contributed by atoms with E-state index in [9.17, 15) is 0 Å². The zero-order valence-electron chi connectivity index (χ0n) is 24.6. The summed E-state index contributed by atoms with van der Waals surface area (Å²) in [5.41, 5.74) is 7.39. The molecule has 0 radical (unpaired) electrons. The van der Waals surface area contributed by atoms with Gasteiger partial charge in [-0.2, -0.15) is 0 Å². The molecule has 0 bridgehead atoms. The van der Waals surface area contributed by atoms with Gasteiger partial charge >= 0.3 is 0 Å². The first-order valence-corrected chi connectivity index (χ1v) is 15.3. The van der Waals surface area contributed by atoms with Gasteiger partial charge in [0.2, 0.25) is 5.79 Å². The van der Waals surface area contributed by atoms with E-state index in [0.717, 1.165) is 79.4 Å². The maximum absolute atomic E-state index is 6.56. The number of benzene rings is 4. The van der Waals surface area contributed by atoms with Crippen LogP contribution in [0.2, 0.25) is 0 Å². The molecule has 0 aromatic heterocycles. The molecule has 7 rings (SSSR count). The smallest absolute Gasteiger partial charge is 0.213 e. The Morgan fingerprint density at radius 1 is 0.810 bits per heavy atom. The maximum Gasteiger partial charge on any atom is 0.213 e. The molecule has 0 aliphatic carbocycles. The lowest BCUT2D eigenvalue weighted by molar-refractivity contribution is -0.228. The number of nitrogens with zero attached hydrogens (tertiary/aromatic N) is 1. The predicted molar refractivity (Wildman–Crippen MR) is 169 cm³/mol. The summed E-state index contributed by atoms with van der Waals surface area (Å²) < 4.78 is 19.2. The number of fused-ring (bicyclic) bond motifs is 2. The fraction of sp³-hybridized carbons (Fsp3) is 0.297. The summed E-state index contributed by atoms with van der Waals surface area (Å²) in [5, 5.41) is 3.44. The van der Waals surface area contributed by atoms with E-state index in [1.807, 2.05) is 62.4 Å². The Morgan fingerprint density at radius 2 is 1.55 bits per heavy atom. The molecule has 1 saturated heterocycles. The number of para-hydroxylation sites is 2. The van der Waals surface area contributed by atoms with Gasteiger partial charge in [0, 0.05) is 56.3 Å². The summed E-state index contributed by atoms with van der Waals surface area (Å²) >= 11 is 0. The largest absolute Gasteiger partial charge is 0.462 e. The molecule has 4 aromatic rings. The molecule has 216 valence electrons. The topological polar surface area (TPSA) is 43.0 Å². The Kier molecular flexibility index (Phi) is 8.59. The molecule has 3 heterocycles. The molecule has 1 spiro atoms. The fourth-order valence-corrected chi connectivity index (χ4v) is 6.01. The van der Waals surface area contributed by atoms with Crippen molar-refractivity contribution in [3.8, 4) is 28.4 Å². The van der Waals surface area contributed by atoms with Crippen LogP contribution in [0.1, 0.15) is 49.8 Å². The normalized spacial score (nSPS) is 17.0. The van der Waals surface area contributed by atoms with Gasteiger partial charge in [0.1, 0.15) is 17.2 Å². The minimum atomic E-state index is -0.530. The number of rotatable bonds is 6. The van der Waals surface area contributed by atoms with Crippen molar-refractivity contribution in [2.75, 3.05) is 19.6 Å². The van der Waals surface area contributed by atoms with Gasteiger partial charge in [0.05, 0.1) is 6.61 Å². The predicted octanol–water partition coefficient (Wildman–Crippen LogP) is 8.41. The third kappa shape index (κ3) is 6.08. The average molecular weight is 561 g/mol. The first-order valence-electron chi connectivity index (χ1n) is 15.3. The summed E-state index contributed by atoms with van der Waals surface area (Å²) in [6.45, 7) is 8.46. The Labute approximate surface area is 249 Å². The highest BCUT2D eigenvalue weighted by molar-refractivity contribution is 5.72. The van der Waals surface area contributed by atoms with E-state index in [1.54, 1.807) is 0 Å². The van der Waals surface area contributed by atoms with E-state index in [1.165, 1.54) is 16.7 Å². The maximum atomic E-state index is 6.56. The van der Waals surface area contributed by atoms with Gasteiger partial charge in [0.25, 0.3) is 0 Å². The van der Waals surface area contributed by atoms with Gasteiger partial charge in [0.15, 0.2) is 0 Å². The van der Waals surface area contributed by atoms with E-state index < -0.39 is 5.79 Å². The van der Waals surface area contributed by atoms with Gasteiger partial charge in [-0.15, -0.1) is 0 Å². The zero-order chi connectivity index (χ0) is 28.8. The molecule has 4 aromatic carbocycles. The first kappa shape index (κ1) is 28.1. The summed E-state index contributed by atoms with van der Waals surface area (Å²) in [5.74, 6) is 2.06. The van der Waals surface area contributed by atoms with Gasteiger partial charge in [-0.3, -0.25) is 0 Å².